The summed E-state index contributed by atoms with van der Waals surface area (Å²) in [6, 6.07) is 1.92. The number of aromatic nitrogens is 2. The summed E-state index contributed by atoms with van der Waals surface area (Å²) in [7, 11) is 0. The molecular weight excluding hydrogens is 214 g/mol. The summed E-state index contributed by atoms with van der Waals surface area (Å²) >= 11 is 0. The van der Waals surface area contributed by atoms with Crippen molar-refractivity contribution in [1.82, 2.24) is 14.7 Å². The fourth-order valence-electron chi connectivity index (χ4n) is 2.67. The van der Waals surface area contributed by atoms with Crippen molar-refractivity contribution in [1.29, 1.82) is 0 Å². The molecule has 0 bridgehead atoms. The molecule has 0 aliphatic carbocycles. The molecule has 4 nitrogen and oxygen atoms in total. The zero-order valence-corrected chi connectivity index (χ0v) is 11.1. The molecule has 0 saturated carbocycles. The minimum atomic E-state index is -0.483. The number of aryl methyl sites for hydroxylation is 1. The van der Waals surface area contributed by atoms with Crippen LogP contribution in [0.25, 0.3) is 0 Å². The second kappa shape index (κ2) is 4.78. The van der Waals surface area contributed by atoms with Crippen molar-refractivity contribution in [2.24, 2.45) is 0 Å². The summed E-state index contributed by atoms with van der Waals surface area (Å²) in [5.41, 5.74) is 0.702. The van der Waals surface area contributed by atoms with Crippen LogP contribution >= 0.6 is 0 Å². The van der Waals surface area contributed by atoms with Gasteiger partial charge in [-0.05, 0) is 52.8 Å². The Morgan fingerprint density at radius 2 is 2.06 bits per heavy atom. The van der Waals surface area contributed by atoms with Crippen molar-refractivity contribution in [2.75, 3.05) is 13.1 Å². The first-order valence-corrected chi connectivity index (χ1v) is 6.52. The number of hydrogen-bond acceptors (Lipinski definition) is 3. The number of nitrogens with zero attached hydrogens (tertiary/aromatic N) is 3. The van der Waals surface area contributed by atoms with Crippen LogP contribution in [0.1, 0.15) is 45.4 Å². The van der Waals surface area contributed by atoms with E-state index in [9.17, 15) is 5.11 Å². The minimum Gasteiger partial charge on any atom is -0.385 e. The van der Waals surface area contributed by atoms with E-state index >= 15 is 0 Å². The van der Waals surface area contributed by atoms with Gasteiger partial charge < -0.3 is 5.11 Å². The SMILES string of the molecule is CCn1nccc1C(O)C(C)(C)N1CCCC1. The molecule has 1 aliphatic heterocycles. The Kier molecular flexibility index (Phi) is 3.54. The molecule has 1 aromatic rings. The fourth-order valence-corrected chi connectivity index (χ4v) is 2.67. The van der Waals surface area contributed by atoms with E-state index in [0.717, 1.165) is 25.3 Å². The number of aliphatic hydroxyl groups excluding tert-OH is 1. The second-order valence-corrected chi connectivity index (χ2v) is 5.32. The van der Waals surface area contributed by atoms with Crippen molar-refractivity contribution in [3.8, 4) is 0 Å². The normalized spacial score (nSPS) is 19.8. The van der Waals surface area contributed by atoms with Crippen LogP contribution in [0.2, 0.25) is 0 Å². The van der Waals surface area contributed by atoms with Crippen LogP contribution in [-0.4, -0.2) is 38.4 Å². The molecule has 0 radical (unpaired) electrons. The first-order valence-electron chi connectivity index (χ1n) is 6.52. The van der Waals surface area contributed by atoms with E-state index < -0.39 is 6.10 Å². The van der Waals surface area contributed by atoms with E-state index in [2.05, 4.69) is 23.8 Å². The smallest absolute Gasteiger partial charge is 0.113 e. The highest BCUT2D eigenvalue weighted by atomic mass is 16.3. The van der Waals surface area contributed by atoms with Crippen molar-refractivity contribution >= 4 is 0 Å². The largest absolute Gasteiger partial charge is 0.385 e. The molecule has 1 atom stereocenters. The molecule has 1 unspecified atom stereocenters. The molecule has 1 N–H and O–H groups in total. The molecule has 4 heteroatoms. The third-order valence-electron chi connectivity index (χ3n) is 3.92. The lowest BCUT2D eigenvalue weighted by Crippen LogP contribution is -2.47. The van der Waals surface area contributed by atoms with Crippen molar-refractivity contribution < 1.29 is 5.11 Å². The fraction of sp³-hybridized carbons (Fsp3) is 0.769. The van der Waals surface area contributed by atoms with Gasteiger partial charge in [0.15, 0.2) is 0 Å². The highest BCUT2D eigenvalue weighted by Gasteiger charge is 2.37. The molecule has 2 heterocycles. The van der Waals surface area contributed by atoms with Gasteiger partial charge in [0.05, 0.1) is 5.69 Å². The highest BCUT2D eigenvalue weighted by molar-refractivity contribution is 5.11. The minimum absolute atomic E-state index is 0.219. The lowest BCUT2D eigenvalue weighted by Gasteiger charge is -2.39. The van der Waals surface area contributed by atoms with E-state index in [1.807, 2.05) is 17.7 Å². The Hall–Kier alpha value is -0.870. The Bertz CT molecular complexity index is 366. The quantitative estimate of drug-likeness (QED) is 0.868. The average molecular weight is 237 g/mol. The molecule has 1 fully saturated rings. The maximum atomic E-state index is 10.6. The summed E-state index contributed by atoms with van der Waals surface area (Å²) in [6.45, 7) is 9.27. The molecular formula is C13H23N3O. The van der Waals surface area contributed by atoms with Crippen LogP contribution in [0, 0.1) is 0 Å². The first kappa shape index (κ1) is 12.6. The van der Waals surface area contributed by atoms with Gasteiger partial charge in [0.1, 0.15) is 6.10 Å². The van der Waals surface area contributed by atoms with Crippen LogP contribution in [0.4, 0.5) is 0 Å². The molecule has 1 saturated heterocycles. The van der Waals surface area contributed by atoms with Gasteiger partial charge in [-0.25, -0.2) is 0 Å². The highest BCUT2D eigenvalue weighted by Crippen LogP contribution is 2.33. The molecule has 96 valence electrons. The number of likely N-dealkylation sites (tertiary alicyclic amines) is 1. The third kappa shape index (κ3) is 2.24. The van der Waals surface area contributed by atoms with Gasteiger partial charge >= 0.3 is 0 Å². The zero-order chi connectivity index (χ0) is 12.5. The van der Waals surface area contributed by atoms with Crippen molar-refractivity contribution in [2.45, 2.75) is 51.8 Å². The van der Waals surface area contributed by atoms with E-state index in [-0.39, 0.29) is 5.54 Å². The van der Waals surface area contributed by atoms with E-state index in [1.165, 1.54) is 12.8 Å². The molecule has 0 amide bonds. The lowest BCUT2D eigenvalue weighted by molar-refractivity contribution is -0.00375. The van der Waals surface area contributed by atoms with E-state index in [4.69, 9.17) is 0 Å². The second-order valence-electron chi connectivity index (χ2n) is 5.32. The molecule has 17 heavy (non-hydrogen) atoms. The van der Waals surface area contributed by atoms with Gasteiger partial charge in [0.2, 0.25) is 0 Å². The Morgan fingerprint density at radius 1 is 1.41 bits per heavy atom. The average Bonchev–Trinajstić information content (AvgIpc) is 2.98. The van der Waals surface area contributed by atoms with Crippen LogP contribution in [-0.2, 0) is 6.54 Å². The predicted molar refractivity (Wildman–Crippen MR) is 67.7 cm³/mol. The van der Waals surface area contributed by atoms with Crippen LogP contribution < -0.4 is 0 Å². The summed E-state index contributed by atoms with van der Waals surface area (Å²) in [5.74, 6) is 0. The van der Waals surface area contributed by atoms with Crippen molar-refractivity contribution in [3.05, 3.63) is 18.0 Å². The topological polar surface area (TPSA) is 41.3 Å². The molecule has 1 aromatic heterocycles. The third-order valence-corrected chi connectivity index (χ3v) is 3.92. The maximum absolute atomic E-state index is 10.6. The van der Waals surface area contributed by atoms with Crippen LogP contribution in [0.15, 0.2) is 12.3 Å². The Balaban J connectivity index is 2.20. The van der Waals surface area contributed by atoms with E-state index in [0.29, 0.717) is 0 Å². The molecule has 2 rings (SSSR count). The molecule has 1 aliphatic rings. The number of rotatable bonds is 4. The number of aliphatic hydroxyl groups is 1. The number of hydrogen-bond donors (Lipinski definition) is 1. The van der Waals surface area contributed by atoms with Gasteiger partial charge in [-0.15, -0.1) is 0 Å². The van der Waals surface area contributed by atoms with Gasteiger partial charge in [0.25, 0.3) is 0 Å². The Morgan fingerprint density at radius 3 is 2.65 bits per heavy atom. The summed E-state index contributed by atoms with van der Waals surface area (Å²) in [4.78, 5) is 2.38. The standard InChI is InChI=1S/C13H23N3O/c1-4-16-11(7-8-14-16)12(17)13(2,3)15-9-5-6-10-15/h7-8,12,17H,4-6,9-10H2,1-3H3. The monoisotopic (exact) mass is 237 g/mol. The summed E-state index contributed by atoms with van der Waals surface area (Å²) in [5, 5.41) is 14.8. The summed E-state index contributed by atoms with van der Waals surface area (Å²) < 4.78 is 1.88. The zero-order valence-electron chi connectivity index (χ0n) is 11.1. The first-order chi connectivity index (χ1) is 8.07. The lowest BCUT2D eigenvalue weighted by atomic mass is 9.92. The van der Waals surface area contributed by atoms with Gasteiger partial charge in [-0.3, -0.25) is 9.58 Å². The van der Waals surface area contributed by atoms with Crippen LogP contribution in [0.5, 0.6) is 0 Å². The Labute approximate surface area is 103 Å². The van der Waals surface area contributed by atoms with Crippen molar-refractivity contribution in [3.63, 3.8) is 0 Å². The van der Waals surface area contributed by atoms with Gasteiger partial charge in [-0.1, -0.05) is 0 Å². The van der Waals surface area contributed by atoms with E-state index in [1.54, 1.807) is 6.20 Å². The molecule has 0 spiro atoms. The summed E-state index contributed by atoms with van der Waals surface area (Å²) in [6.07, 6.45) is 3.76. The molecule has 0 aromatic carbocycles. The van der Waals surface area contributed by atoms with Gasteiger partial charge in [-0.2, -0.15) is 5.10 Å². The maximum Gasteiger partial charge on any atom is 0.113 e. The van der Waals surface area contributed by atoms with Gasteiger partial charge in [0, 0.05) is 18.3 Å². The van der Waals surface area contributed by atoms with Crippen LogP contribution in [0.3, 0.4) is 0 Å². The predicted octanol–water partition coefficient (Wildman–Crippen LogP) is 1.81.